The topological polar surface area (TPSA) is 3.24 Å². The second-order valence-corrected chi connectivity index (χ2v) is 39.7. The largest absolute Gasteiger partial charge is 0.147 e. The summed E-state index contributed by atoms with van der Waals surface area (Å²) in [4.78, 5) is 2.52. The minimum atomic E-state index is -3.28. The first-order valence-electron chi connectivity index (χ1n) is 11.1. The van der Waals surface area contributed by atoms with Crippen molar-refractivity contribution in [2.45, 2.75) is 42.5 Å². The van der Waals surface area contributed by atoms with Gasteiger partial charge in [-0.3, -0.25) is 0 Å². The fourth-order valence-electron chi connectivity index (χ4n) is 5.90. The Kier molecular flexibility index (Phi) is 7.43. The van der Waals surface area contributed by atoms with E-state index in [0.29, 0.717) is 6.04 Å². The van der Waals surface area contributed by atoms with Gasteiger partial charge in [0.15, 0.2) is 0 Å². The Bertz CT molecular complexity index is 1430. The molecule has 1 nitrogen and oxygen atoms in total. The molecule has 0 aromatic heterocycles. The summed E-state index contributed by atoms with van der Waals surface area (Å²) in [5.41, 5.74) is 6.90. The number of rotatable bonds is 3. The van der Waals surface area contributed by atoms with Crippen molar-refractivity contribution in [1.82, 2.24) is 0 Å². The molecular formula is C27H32BrCl2NSiZr. The molecule has 1 atom stereocenters. The zero-order chi connectivity index (χ0) is 22.2. The molecule has 3 aliphatic rings. The van der Waals surface area contributed by atoms with Gasteiger partial charge in [0.25, 0.3) is 0 Å². The van der Waals surface area contributed by atoms with Crippen molar-refractivity contribution in [3.05, 3.63) is 84.0 Å². The quantitative estimate of drug-likeness (QED) is 0.338. The molecule has 1 aliphatic heterocycles. The van der Waals surface area contributed by atoms with E-state index in [1.165, 1.54) is 43.0 Å². The van der Waals surface area contributed by atoms with Gasteiger partial charge in [-0.05, 0) is 0 Å². The normalized spacial score (nSPS) is 19.0. The monoisotopic (exact) mass is 637 g/mol. The molecule has 2 aromatic carbocycles. The minimum Gasteiger partial charge on any atom is -0.147 e. The summed E-state index contributed by atoms with van der Waals surface area (Å²) >= 11 is 0.784. The fraction of sp³-hybridized carbons (Fsp3) is 0.259. The number of benzene rings is 2. The molecule has 174 valence electrons. The number of anilines is 2. The molecular weight excluding hydrogens is 608 g/mol. The van der Waals surface area contributed by atoms with Crippen LogP contribution in [0.2, 0.25) is 9.26 Å². The summed E-state index contributed by atoms with van der Waals surface area (Å²) in [6.45, 7) is 9.29. The third-order valence-corrected chi connectivity index (χ3v) is 24.8. The van der Waals surface area contributed by atoms with E-state index in [2.05, 4.69) is 118 Å². The molecule has 0 spiro atoms. The zero-order valence-corrected chi connectivity index (χ0v) is 27.0. The average molecular weight is 641 g/mol. The Morgan fingerprint density at radius 2 is 1.76 bits per heavy atom. The summed E-state index contributed by atoms with van der Waals surface area (Å²) in [7, 11) is 0. The maximum Gasteiger partial charge on any atom is -0.147 e. The summed E-state index contributed by atoms with van der Waals surface area (Å²) in [5, 5.41) is 2.84. The average Bonchev–Trinajstić information content (AvgIpc) is 3.42. The third-order valence-electron chi connectivity index (χ3n) is 7.61. The van der Waals surface area contributed by atoms with Crippen LogP contribution in [0.3, 0.4) is 0 Å². The molecule has 0 fully saturated rings. The molecule has 0 saturated heterocycles. The van der Waals surface area contributed by atoms with Crippen molar-refractivity contribution in [2.24, 2.45) is 0 Å². The van der Waals surface area contributed by atoms with Crippen molar-refractivity contribution < 1.29 is 17.4 Å². The molecule has 1 unspecified atom stereocenters. The van der Waals surface area contributed by atoms with Gasteiger partial charge in [0.1, 0.15) is 0 Å². The van der Waals surface area contributed by atoms with E-state index in [1.807, 2.05) is 0 Å². The molecule has 6 heteroatoms. The van der Waals surface area contributed by atoms with Crippen molar-refractivity contribution >= 4 is 73.9 Å². The molecule has 2 aromatic rings. The predicted octanol–water partition coefficient (Wildman–Crippen LogP) is 6.71. The van der Waals surface area contributed by atoms with Gasteiger partial charge in [-0.15, -0.1) is 24.8 Å². The molecule has 0 saturated carbocycles. The Morgan fingerprint density at radius 3 is 2.36 bits per heavy atom. The standard InChI is InChI=1S/C20H17BrN.C5H5.2CH3.2ClH.H2Si.Zr/c1-12-9-15-11-18-19(20(21)17(15)10-12)13(2)14(3)22(18)16-7-5-4-6-8-16;1-2-4-5-3-1;;;;;;/h4-8,10-11,14H,1-3H3;1-3H,4H2;2*1H3;2*1H;1H2;. The van der Waals surface area contributed by atoms with Gasteiger partial charge in [-0.2, -0.15) is 0 Å². The van der Waals surface area contributed by atoms with E-state index in [-0.39, 0.29) is 24.8 Å². The van der Waals surface area contributed by atoms with Crippen LogP contribution in [-0.4, -0.2) is 12.9 Å². The van der Waals surface area contributed by atoms with Crippen molar-refractivity contribution in [2.75, 3.05) is 4.90 Å². The summed E-state index contributed by atoms with van der Waals surface area (Å²) < 4.78 is 9.87. The van der Waals surface area contributed by atoms with E-state index in [0.717, 1.165) is 6.42 Å². The number of para-hydroxylation sites is 1. The summed E-state index contributed by atoms with van der Waals surface area (Å²) in [5.74, 6) is 0. The van der Waals surface area contributed by atoms with Crippen LogP contribution in [0.15, 0.2) is 68.0 Å². The molecule has 0 bridgehead atoms. The Morgan fingerprint density at radius 1 is 1.09 bits per heavy atom. The van der Waals surface area contributed by atoms with Crippen LogP contribution in [0.25, 0.3) is 14.9 Å². The van der Waals surface area contributed by atoms with E-state index in [1.54, 1.807) is 6.56 Å². The number of hydrogen-bond acceptors (Lipinski definition) is 1. The Hall–Kier alpha value is -0.640. The second kappa shape index (κ2) is 9.10. The van der Waals surface area contributed by atoms with Crippen LogP contribution in [0.5, 0.6) is 0 Å². The number of allylic oxidation sites excluding steroid dienone is 5. The smallest absolute Gasteiger partial charge is 0.147 e. The van der Waals surface area contributed by atoms with E-state index >= 15 is 0 Å². The molecule has 33 heavy (non-hydrogen) atoms. The first-order valence-corrected chi connectivity index (χ1v) is 25.2. The first-order chi connectivity index (χ1) is 14.6. The van der Waals surface area contributed by atoms with Crippen LogP contribution in [0.1, 0.15) is 32.8 Å². The van der Waals surface area contributed by atoms with Crippen LogP contribution < -0.4 is 15.3 Å². The SMILES string of the molecule is CC1=Cc2c(Br)c3c(cc2=[C]1[Zr]([CH3])([CH3])(=[SiH2])[C]1=CC=CC1)N(c1ccccc1)C(C)C=3C.Cl.Cl. The maximum absolute atomic E-state index is 4.07. The second-order valence-electron chi connectivity index (χ2n) is 10.3. The van der Waals surface area contributed by atoms with Gasteiger partial charge in [0.2, 0.25) is 0 Å². The van der Waals surface area contributed by atoms with Gasteiger partial charge in [-0.1, -0.05) is 0 Å². The number of halogens is 3. The predicted molar refractivity (Wildman–Crippen MR) is 154 cm³/mol. The van der Waals surface area contributed by atoms with Crippen LogP contribution in [-0.2, 0) is 17.4 Å². The molecule has 5 rings (SSSR count). The number of hydrogen-bond donors (Lipinski definition) is 0. The van der Waals surface area contributed by atoms with Gasteiger partial charge < -0.3 is 0 Å². The van der Waals surface area contributed by atoms with Gasteiger partial charge >= 0.3 is 198 Å². The van der Waals surface area contributed by atoms with E-state index in [9.17, 15) is 0 Å². The maximum atomic E-state index is 4.07. The summed E-state index contributed by atoms with van der Waals surface area (Å²) in [6.07, 6.45) is 10.6. The number of fused-ring (bicyclic) bond motifs is 2. The van der Waals surface area contributed by atoms with Crippen molar-refractivity contribution in [3.8, 4) is 0 Å². The minimum absolute atomic E-state index is 0. The molecule has 0 N–H and O–H groups in total. The Balaban J connectivity index is 0.00000153. The molecule has 0 radical (unpaired) electrons. The van der Waals surface area contributed by atoms with Gasteiger partial charge in [0.05, 0.1) is 0 Å². The van der Waals surface area contributed by atoms with E-state index in [4.69, 9.17) is 0 Å². The van der Waals surface area contributed by atoms with Crippen LogP contribution in [0.4, 0.5) is 11.4 Å². The first kappa shape index (κ1) is 27.0. The van der Waals surface area contributed by atoms with Crippen molar-refractivity contribution in [1.29, 1.82) is 0 Å². The molecule has 2 aliphatic carbocycles. The molecule has 0 amide bonds. The van der Waals surface area contributed by atoms with E-state index < -0.39 is 17.4 Å². The number of nitrogens with zero attached hydrogens (tertiary/aromatic N) is 1. The fourth-order valence-corrected chi connectivity index (χ4v) is 21.2. The van der Waals surface area contributed by atoms with Gasteiger partial charge in [-0.25, -0.2) is 0 Å². The van der Waals surface area contributed by atoms with Gasteiger partial charge in [0, 0.05) is 0 Å². The zero-order valence-electron chi connectivity index (χ0n) is 19.9. The Labute approximate surface area is 220 Å². The third kappa shape index (κ3) is 3.99. The van der Waals surface area contributed by atoms with Crippen LogP contribution in [0, 0.1) is 0 Å². The van der Waals surface area contributed by atoms with Crippen LogP contribution >= 0.6 is 40.7 Å². The van der Waals surface area contributed by atoms with Crippen molar-refractivity contribution in [3.63, 3.8) is 0 Å². The molecule has 1 heterocycles. The summed E-state index contributed by atoms with van der Waals surface area (Å²) in [6, 6.07) is 13.7.